The van der Waals surface area contributed by atoms with Gasteiger partial charge in [-0.05, 0) is 39.3 Å². The zero-order valence-electron chi connectivity index (χ0n) is 12.3. The van der Waals surface area contributed by atoms with Crippen LogP contribution in [0.4, 0.5) is 13.2 Å². The maximum atomic E-state index is 12.3. The van der Waals surface area contributed by atoms with E-state index in [-0.39, 0.29) is 12.0 Å². The second-order valence-corrected chi connectivity index (χ2v) is 5.66. The Balaban J connectivity index is 1.78. The molecule has 0 amide bonds. The minimum absolute atomic E-state index is 0.0513. The number of likely N-dealkylation sites (tertiary alicyclic amines) is 1. The second-order valence-electron chi connectivity index (χ2n) is 5.66. The molecule has 21 heavy (non-hydrogen) atoms. The quantitative estimate of drug-likeness (QED) is 0.906. The summed E-state index contributed by atoms with van der Waals surface area (Å²) >= 11 is 0. The van der Waals surface area contributed by atoms with Gasteiger partial charge in [-0.3, -0.25) is 14.9 Å². The van der Waals surface area contributed by atoms with Gasteiger partial charge < -0.3 is 5.32 Å². The fourth-order valence-electron chi connectivity index (χ4n) is 2.76. The molecule has 1 aromatic heterocycles. The Bertz CT molecular complexity index is 464. The molecule has 0 spiro atoms. The predicted octanol–water partition coefficient (Wildman–Crippen LogP) is 2.32. The first-order valence-electron chi connectivity index (χ1n) is 7.15. The van der Waals surface area contributed by atoms with Crippen LogP contribution in [0.1, 0.15) is 30.8 Å². The molecule has 7 heteroatoms. The normalized spacial score (nSPS) is 21.7. The molecule has 0 aromatic carbocycles. The summed E-state index contributed by atoms with van der Waals surface area (Å²) in [4.78, 5) is 9.98. The second kappa shape index (κ2) is 6.70. The van der Waals surface area contributed by atoms with Gasteiger partial charge in [-0.2, -0.15) is 13.2 Å². The van der Waals surface area contributed by atoms with Crippen LogP contribution in [0.3, 0.4) is 0 Å². The van der Waals surface area contributed by atoms with Crippen LogP contribution >= 0.6 is 0 Å². The SMILES string of the molecule is Cc1nccnc1C(C)NCC1CCN(CC(F)(F)F)C1. The monoisotopic (exact) mass is 302 g/mol. The van der Waals surface area contributed by atoms with Crippen molar-refractivity contribution in [1.29, 1.82) is 0 Å². The third-order valence-corrected chi connectivity index (χ3v) is 3.81. The third kappa shape index (κ3) is 4.93. The number of hydrogen-bond acceptors (Lipinski definition) is 4. The molecule has 0 bridgehead atoms. The number of aryl methyl sites for hydroxylation is 1. The van der Waals surface area contributed by atoms with Gasteiger partial charge in [0.25, 0.3) is 0 Å². The van der Waals surface area contributed by atoms with E-state index in [1.54, 1.807) is 12.4 Å². The Kier molecular flexibility index (Phi) is 5.16. The van der Waals surface area contributed by atoms with E-state index in [0.717, 1.165) is 17.8 Å². The van der Waals surface area contributed by atoms with Crippen molar-refractivity contribution in [2.75, 3.05) is 26.2 Å². The van der Waals surface area contributed by atoms with E-state index < -0.39 is 12.7 Å². The van der Waals surface area contributed by atoms with Crippen molar-refractivity contribution in [3.8, 4) is 0 Å². The van der Waals surface area contributed by atoms with Crippen LogP contribution in [0.15, 0.2) is 12.4 Å². The lowest BCUT2D eigenvalue weighted by molar-refractivity contribution is -0.143. The van der Waals surface area contributed by atoms with Gasteiger partial charge in [0.15, 0.2) is 0 Å². The zero-order valence-corrected chi connectivity index (χ0v) is 12.3. The lowest BCUT2D eigenvalue weighted by Crippen LogP contribution is -2.34. The summed E-state index contributed by atoms with van der Waals surface area (Å²) in [6.45, 7) is 4.82. The summed E-state index contributed by atoms with van der Waals surface area (Å²) in [7, 11) is 0. The Labute approximate surface area is 122 Å². The van der Waals surface area contributed by atoms with Crippen LogP contribution in [0.5, 0.6) is 0 Å². The number of halogens is 3. The Morgan fingerprint density at radius 1 is 1.38 bits per heavy atom. The van der Waals surface area contributed by atoms with Gasteiger partial charge >= 0.3 is 6.18 Å². The van der Waals surface area contributed by atoms with Gasteiger partial charge in [0.1, 0.15) is 0 Å². The fraction of sp³-hybridized carbons (Fsp3) is 0.714. The number of nitrogens with zero attached hydrogens (tertiary/aromatic N) is 3. The minimum Gasteiger partial charge on any atom is -0.308 e. The van der Waals surface area contributed by atoms with E-state index >= 15 is 0 Å². The number of aromatic nitrogens is 2. The Morgan fingerprint density at radius 3 is 2.76 bits per heavy atom. The van der Waals surface area contributed by atoms with E-state index in [0.29, 0.717) is 19.6 Å². The predicted molar refractivity (Wildman–Crippen MR) is 73.8 cm³/mol. The first kappa shape index (κ1) is 16.2. The van der Waals surface area contributed by atoms with Crippen LogP contribution in [0.2, 0.25) is 0 Å². The van der Waals surface area contributed by atoms with E-state index in [2.05, 4.69) is 15.3 Å². The van der Waals surface area contributed by atoms with Crippen LogP contribution in [-0.4, -0.2) is 47.2 Å². The first-order chi connectivity index (χ1) is 9.85. The molecule has 1 saturated heterocycles. The van der Waals surface area contributed by atoms with Crippen LogP contribution in [0, 0.1) is 12.8 Å². The van der Waals surface area contributed by atoms with E-state index in [1.165, 1.54) is 4.90 Å². The summed E-state index contributed by atoms with van der Waals surface area (Å²) in [5.41, 5.74) is 1.77. The average molecular weight is 302 g/mol. The van der Waals surface area contributed by atoms with E-state index in [9.17, 15) is 13.2 Å². The van der Waals surface area contributed by atoms with Crippen molar-refractivity contribution >= 4 is 0 Å². The Morgan fingerprint density at radius 2 is 2.10 bits per heavy atom. The number of alkyl halides is 3. The van der Waals surface area contributed by atoms with Gasteiger partial charge in [0, 0.05) is 25.0 Å². The number of hydrogen-bond donors (Lipinski definition) is 1. The van der Waals surface area contributed by atoms with Crippen LogP contribution < -0.4 is 5.32 Å². The lowest BCUT2D eigenvalue weighted by atomic mass is 10.1. The number of nitrogens with one attached hydrogen (secondary N) is 1. The van der Waals surface area contributed by atoms with E-state index in [1.807, 2.05) is 13.8 Å². The summed E-state index contributed by atoms with van der Waals surface area (Å²) < 4.78 is 37.0. The summed E-state index contributed by atoms with van der Waals surface area (Å²) in [6, 6.07) is 0.0513. The van der Waals surface area contributed by atoms with Gasteiger partial charge in [-0.25, -0.2) is 0 Å². The standard InChI is InChI=1S/C14H21F3N4/c1-10-13(19-5-4-18-10)11(2)20-7-12-3-6-21(8-12)9-14(15,16)17/h4-5,11-12,20H,3,6-9H2,1-2H3. The van der Waals surface area contributed by atoms with Gasteiger partial charge in [-0.1, -0.05) is 0 Å². The molecule has 2 atom stereocenters. The highest BCUT2D eigenvalue weighted by molar-refractivity contribution is 5.12. The van der Waals surface area contributed by atoms with Crippen molar-refractivity contribution in [3.05, 3.63) is 23.8 Å². The van der Waals surface area contributed by atoms with Crippen molar-refractivity contribution < 1.29 is 13.2 Å². The van der Waals surface area contributed by atoms with E-state index in [4.69, 9.17) is 0 Å². The molecule has 0 aliphatic carbocycles. The fourth-order valence-corrected chi connectivity index (χ4v) is 2.76. The smallest absolute Gasteiger partial charge is 0.308 e. The van der Waals surface area contributed by atoms with Crippen molar-refractivity contribution in [2.24, 2.45) is 5.92 Å². The highest BCUT2D eigenvalue weighted by Gasteiger charge is 2.34. The molecular weight excluding hydrogens is 281 g/mol. The average Bonchev–Trinajstić information content (AvgIpc) is 2.82. The molecule has 2 heterocycles. The molecule has 1 N–H and O–H groups in total. The topological polar surface area (TPSA) is 41.1 Å². The molecular formula is C14H21F3N4. The first-order valence-corrected chi connectivity index (χ1v) is 7.15. The molecule has 2 rings (SSSR count). The summed E-state index contributed by atoms with van der Waals surface area (Å²) in [5, 5.41) is 3.35. The van der Waals surface area contributed by atoms with Gasteiger partial charge in [0.2, 0.25) is 0 Å². The van der Waals surface area contributed by atoms with Crippen LogP contribution in [0.25, 0.3) is 0 Å². The van der Waals surface area contributed by atoms with Crippen LogP contribution in [-0.2, 0) is 0 Å². The minimum atomic E-state index is -4.10. The highest BCUT2D eigenvalue weighted by Crippen LogP contribution is 2.23. The molecule has 2 unspecified atom stereocenters. The maximum absolute atomic E-state index is 12.3. The van der Waals surface area contributed by atoms with Crippen molar-refractivity contribution in [3.63, 3.8) is 0 Å². The van der Waals surface area contributed by atoms with Crippen molar-refractivity contribution in [1.82, 2.24) is 20.2 Å². The molecule has 0 saturated carbocycles. The molecule has 1 aliphatic rings. The van der Waals surface area contributed by atoms with Crippen molar-refractivity contribution in [2.45, 2.75) is 32.5 Å². The largest absolute Gasteiger partial charge is 0.401 e. The summed E-state index contributed by atoms with van der Waals surface area (Å²) in [6.07, 6.45) is 0.000284. The lowest BCUT2D eigenvalue weighted by Gasteiger charge is -2.19. The highest BCUT2D eigenvalue weighted by atomic mass is 19.4. The molecule has 1 aromatic rings. The molecule has 0 radical (unpaired) electrons. The Hall–Kier alpha value is -1.21. The molecule has 1 fully saturated rings. The van der Waals surface area contributed by atoms with Gasteiger partial charge in [-0.15, -0.1) is 0 Å². The molecule has 4 nitrogen and oxygen atoms in total. The number of rotatable bonds is 5. The summed E-state index contributed by atoms with van der Waals surface area (Å²) in [5.74, 6) is 0.256. The third-order valence-electron chi connectivity index (χ3n) is 3.81. The zero-order chi connectivity index (χ0) is 15.5. The van der Waals surface area contributed by atoms with Gasteiger partial charge in [0.05, 0.1) is 17.9 Å². The maximum Gasteiger partial charge on any atom is 0.401 e. The molecule has 118 valence electrons. The molecule has 1 aliphatic heterocycles.